The molecular formula is C11H15ClN6O2S. The molecule has 2 aromatic rings. The van der Waals surface area contributed by atoms with Crippen LogP contribution in [0.4, 0.5) is 5.95 Å². The molecule has 1 aliphatic heterocycles. The fourth-order valence-corrected chi connectivity index (χ4v) is 4.05. The van der Waals surface area contributed by atoms with Crippen molar-refractivity contribution >= 4 is 38.9 Å². The Morgan fingerprint density at radius 2 is 2.24 bits per heavy atom. The standard InChI is InChI=1S/C11H15ClN6O2S/c1-7-4-2-3-5-18(7)21(19,20)17-11-15-9(12)8-10(16-11)14-6-13-8/h6-7H,2-5H2,1H3,(H2,13,14,15,16,17). The van der Waals surface area contributed by atoms with Gasteiger partial charge in [0.05, 0.1) is 6.33 Å². The quantitative estimate of drug-likeness (QED) is 0.831. The van der Waals surface area contributed by atoms with Gasteiger partial charge in [0, 0.05) is 12.6 Å². The summed E-state index contributed by atoms with van der Waals surface area (Å²) in [4.78, 5) is 14.7. The third-order valence-electron chi connectivity index (χ3n) is 3.51. The van der Waals surface area contributed by atoms with Gasteiger partial charge in [-0.15, -0.1) is 0 Å². The molecule has 0 saturated carbocycles. The number of nitrogens with one attached hydrogen (secondary N) is 2. The van der Waals surface area contributed by atoms with E-state index in [1.165, 1.54) is 10.6 Å². The van der Waals surface area contributed by atoms with Gasteiger partial charge in [-0.05, 0) is 19.8 Å². The maximum atomic E-state index is 12.4. The van der Waals surface area contributed by atoms with E-state index in [-0.39, 0.29) is 17.1 Å². The van der Waals surface area contributed by atoms with Crippen LogP contribution in [0.25, 0.3) is 11.2 Å². The first-order chi connectivity index (χ1) is 9.97. The van der Waals surface area contributed by atoms with Crippen LogP contribution in [0, 0.1) is 0 Å². The van der Waals surface area contributed by atoms with Crippen LogP contribution >= 0.6 is 11.6 Å². The average molecular weight is 331 g/mol. The molecule has 0 bridgehead atoms. The lowest BCUT2D eigenvalue weighted by molar-refractivity contribution is 0.270. The third-order valence-corrected chi connectivity index (χ3v) is 5.39. The Hall–Kier alpha value is -1.45. The van der Waals surface area contributed by atoms with Gasteiger partial charge < -0.3 is 4.98 Å². The van der Waals surface area contributed by atoms with Crippen LogP contribution in [-0.2, 0) is 10.2 Å². The Labute approximate surface area is 127 Å². The molecule has 3 heterocycles. The summed E-state index contributed by atoms with van der Waals surface area (Å²) in [5.74, 6) is -0.0719. The van der Waals surface area contributed by atoms with Crippen LogP contribution in [0.5, 0.6) is 0 Å². The number of imidazole rings is 1. The monoisotopic (exact) mass is 330 g/mol. The minimum absolute atomic E-state index is 0.0409. The second-order valence-electron chi connectivity index (χ2n) is 5.00. The maximum absolute atomic E-state index is 12.4. The summed E-state index contributed by atoms with van der Waals surface area (Å²) < 4.78 is 28.6. The highest BCUT2D eigenvalue weighted by Crippen LogP contribution is 2.22. The predicted molar refractivity (Wildman–Crippen MR) is 79.3 cm³/mol. The van der Waals surface area contributed by atoms with Crippen LogP contribution in [-0.4, -0.2) is 45.2 Å². The number of H-pyrrole nitrogens is 1. The zero-order valence-corrected chi connectivity index (χ0v) is 12.9. The Bertz CT molecular complexity index is 761. The van der Waals surface area contributed by atoms with Gasteiger partial charge in [0.2, 0.25) is 5.95 Å². The van der Waals surface area contributed by atoms with Crippen LogP contribution < -0.4 is 4.72 Å². The van der Waals surface area contributed by atoms with Gasteiger partial charge in [-0.1, -0.05) is 18.0 Å². The largest absolute Gasteiger partial charge is 0.341 e. The first-order valence-electron chi connectivity index (χ1n) is 6.63. The molecule has 0 spiro atoms. The molecule has 2 aromatic heterocycles. The number of hydrogen-bond acceptors (Lipinski definition) is 5. The van der Waals surface area contributed by atoms with Crippen molar-refractivity contribution in [3.63, 3.8) is 0 Å². The van der Waals surface area contributed by atoms with E-state index in [0.29, 0.717) is 17.7 Å². The molecular weight excluding hydrogens is 316 g/mol. The molecule has 1 unspecified atom stereocenters. The summed E-state index contributed by atoms with van der Waals surface area (Å²) in [5.41, 5.74) is 0.797. The smallest absolute Gasteiger partial charge is 0.304 e. The predicted octanol–water partition coefficient (Wildman–Crippen LogP) is 1.54. The van der Waals surface area contributed by atoms with Crippen molar-refractivity contribution < 1.29 is 8.42 Å². The molecule has 0 aliphatic carbocycles. The van der Waals surface area contributed by atoms with E-state index in [2.05, 4.69) is 24.7 Å². The lowest BCUT2D eigenvalue weighted by Crippen LogP contribution is -2.45. The summed E-state index contributed by atoms with van der Waals surface area (Å²) in [5, 5.41) is 0.127. The molecule has 1 fully saturated rings. The van der Waals surface area contributed by atoms with Crippen LogP contribution in [0.2, 0.25) is 5.15 Å². The van der Waals surface area contributed by atoms with Crippen molar-refractivity contribution in [2.24, 2.45) is 0 Å². The van der Waals surface area contributed by atoms with E-state index in [1.807, 2.05) is 6.92 Å². The Kier molecular flexibility index (Phi) is 3.72. The van der Waals surface area contributed by atoms with E-state index in [1.54, 1.807) is 0 Å². The highest BCUT2D eigenvalue weighted by molar-refractivity contribution is 7.90. The number of halogens is 1. The minimum Gasteiger partial charge on any atom is -0.341 e. The number of aromatic amines is 1. The number of anilines is 1. The molecule has 10 heteroatoms. The van der Waals surface area contributed by atoms with Crippen molar-refractivity contribution in [2.75, 3.05) is 11.3 Å². The molecule has 3 rings (SSSR count). The normalized spacial score (nSPS) is 20.8. The molecule has 114 valence electrons. The third kappa shape index (κ3) is 2.81. The number of fused-ring (bicyclic) bond motifs is 1. The van der Waals surface area contributed by atoms with Crippen LogP contribution in [0.3, 0.4) is 0 Å². The van der Waals surface area contributed by atoms with Gasteiger partial charge in [0.1, 0.15) is 5.52 Å². The maximum Gasteiger partial charge on any atom is 0.304 e. The van der Waals surface area contributed by atoms with Crippen molar-refractivity contribution in [2.45, 2.75) is 32.2 Å². The fourth-order valence-electron chi connectivity index (χ4n) is 2.45. The van der Waals surface area contributed by atoms with Gasteiger partial charge in [-0.25, -0.2) is 9.71 Å². The zero-order valence-electron chi connectivity index (χ0n) is 11.4. The second-order valence-corrected chi connectivity index (χ2v) is 6.98. The number of piperidine rings is 1. The summed E-state index contributed by atoms with van der Waals surface area (Å²) in [7, 11) is -3.69. The molecule has 21 heavy (non-hydrogen) atoms. The molecule has 1 aliphatic rings. The van der Waals surface area contributed by atoms with E-state index < -0.39 is 10.2 Å². The van der Waals surface area contributed by atoms with Crippen molar-refractivity contribution in [3.8, 4) is 0 Å². The summed E-state index contributed by atoms with van der Waals surface area (Å²) in [6, 6.07) is -0.0409. The minimum atomic E-state index is -3.69. The molecule has 0 amide bonds. The van der Waals surface area contributed by atoms with E-state index in [9.17, 15) is 8.42 Å². The van der Waals surface area contributed by atoms with Crippen LogP contribution in [0.15, 0.2) is 6.33 Å². The molecule has 1 atom stereocenters. The lowest BCUT2D eigenvalue weighted by atomic mass is 10.1. The van der Waals surface area contributed by atoms with Crippen molar-refractivity contribution in [1.29, 1.82) is 0 Å². The van der Waals surface area contributed by atoms with E-state index in [0.717, 1.165) is 19.3 Å². The van der Waals surface area contributed by atoms with Crippen molar-refractivity contribution in [3.05, 3.63) is 11.5 Å². The topological polar surface area (TPSA) is 104 Å². The Morgan fingerprint density at radius 1 is 1.43 bits per heavy atom. The molecule has 0 aromatic carbocycles. The SMILES string of the molecule is CC1CCCCN1S(=O)(=O)Nc1nc(Cl)c2[nH]cnc2n1. The molecule has 8 nitrogen and oxygen atoms in total. The number of nitrogens with zero attached hydrogens (tertiary/aromatic N) is 4. The van der Waals surface area contributed by atoms with Gasteiger partial charge in [-0.2, -0.15) is 22.7 Å². The first kappa shape index (κ1) is 14.5. The lowest BCUT2D eigenvalue weighted by Gasteiger charge is -2.31. The average Bonchev–Trinajstić information content (AvgIpc) is 2.87. The summed E-state index contributed by atoms with van der Waals surface area (Å²) in [6.45, 7) is 2.39. The van der Waals surface area contributed by atoms with E-state index >= 15 is 0 Å². The van der Waals surface area contributed by atoms with Gasteiger partial charge >= 0.3 is 10.2 Å². The highest BCUT2D eigenvalue weighted by atomic mass is 35.5. The zero-order chi connectivity index (χ0) is 15.0. The fraction of sp³-hybridized carbons (Fsp3) is 0.545. The molecule has 2 N–H and O–H groups in total. The van der Waals surface area contributed by atoms with Crippen LogP contribution in [0.1, 0.15) is 26.2 Å². The van der Waals surface area contributed by atoms with Gasteiger partial charge in [0.15, 0.2) is 10.8 Å². The molecule has 1 saturated heterocycles. The highest BCUT2D eigenvalue weighted by Gasteiger charge is 2.30. The number of rotatable bonds is 3. The van der Waals surface area contributed by atoms with Gasteiger partial charge in [0.25, 0.3) is 0 Å². The van der Waals surface area contributed by atoms with Gasteiger partial charge in [-0.3, -0.25) is 0 Å². The first-order valence-corrected chi connectivity index (χ1v) is 8.45. The Balaban J connectivity index is 1.89. The molecule has 0 radical (unpaired) electrons. The number of hydrogen-bond donors (Lipinski definition) is 2. The van der Waals surface area contributed by atoms with Crippen molar-refractivity contribution in [1.82, 2.24) is 24.2 Å². The van der Waals surface area contributed by atoms with E-state index in [4.69, 9.17) is 11.6 Å². The second kappa shape index (κ2) is 5.39. The Morgan fingerprint density at radius 3 is 3.00 bits per heavy atom. The summed E-state index contributed by atoms with van der Waals surface area (Å²) >= 11 is 5.98. The summed E-state index contributed by atoms with van der Waals surface area (Å²) in [6.07, 6.45) is 4.16. The number of aromatic nitrogens is 4.